The van der Waals surface area contributed by atoms with E-state index in [1.807, 2.05) is 0 Å². The van der Waals surface area contributed by atoms with Crippen LogP contribution in [0.15, 0.2) is 0 Å². The van der Waals surface area contributed by atoms with E-state index in [4.69, 9.17) is 4.74 Å². The molecule has 3 fully saturated rings. The van der Waals surface area contributed by atoms with Crippen LogP contribution in [0.1, 0.15) is 45.4 Å². The maximum Gasteiger partial charge on any atom is 0.0480 e. The van der Waals surface area contributed by atoms with Gasteiger partial charge in [0.05, 0.1) is 0 Å². The summed E-state index contributed by atoms with van der Waals surface area (Å²) in [4.78, 5) is 2.78. The lowest BCUT2D eigenvalue weighted by molar-refractivity contribution is -0.0112. The fourth-order valence-electron chi connectivity index (χ4n) is 3.94. The second-order valence-corrected chi connectivity index (χ2v) is 6.23. The zero-order valence-electron chi connectivity index (χ0n) is 11.1. The first-order chi connectivity index (χ1) is 8.29. The Balaban J connectivity index is 1.68. The van der Waals surface area contributed by atoms with Gasteiger partial charge in [0.2, 0.25) is 0 Å². The molecule has 2 saturated heterocycles. The quantitative estimate of drug-likeness (QED) is 0.753. The van der Waals surface area contributed by atoms with E-state index < -0.39 is 0 Å². The minimum atomic E-state index is 0.463. The van der Waals surface area contributed by atoms with Crippen LogP contribution in [0.25, 0.3) is 0 Å². The molecule has 3 aliphatic rings. The van der Waals surface area contributed by atoms with E-state index in [1.165, 1.54) is 51.6 Å². The third-order valence-corrected chi connectivity index (χ3v) is 5.04. The summed E-state index contributed by atoms with van der Waals surface area (Å²) in [5.74, 6) is 0. The van der Waals surface area contributed by atoms with Crippen LogP contribution in [-0.2, 0) is 4.74 Å². The third kappa shape index (κ3) is 2.38. The molecule has 1 atom stereocenters. The monoisotopic (exact) mass is 238 g/mol. The van der Waals surface area contributed by atoms with Crippen LogP contribution in [0, 0.1) is 0 Å². The first-order valence-corrected chi connectivity index (χ1v) is 7.38. The maximum atomic E-state index is 5.50. The van der Waals surface area contributed by atoms with Gasteiger partial charge in [0.1, 0.15) is 0 Å². The van der Waals surface area contributed by atoms with Gasteiger partial charge in [-0.25, -0.2) is 0 Å². The van der Waals surface area contributed by atoms with Crippen LogP contribution in [-0.4, -0.2) is 48.8 Å². The topological polar surface area (TPSA) is 24.5 Å². The number of hydrogen-bond acceptors (Lipinski definition) is 3. The average molecular weight is 238 g/mol. The van der Waals surface area contributed by atoms with Crippen molar-refractivity contribution >= 4 is 0 Å². The van der Waals surface area contributed by atoms with E-state index in [0.717, 1.165) is 19.3 Å². The summed E-state index contributed by atoms with van der Waals surface area (Å²) in [5, 5.41) is 3.84. The average Bonchev–Trinajstić information content (AvgIpc) is 2.82. The van der Waals surface area contributed by atoms with E-state index >= 15 is 0 Å². The second-order valence-electron chi connectivity index (χ2n) is 6.23. The van der Waals surface area contributed by atoms with Crippen molar-refractivity contribution in [3.05, 3.63) is 0 Å². The Morgan fingerprint density at radius 2 is 1.88 bits per heavy atom. The molecule has 2 heterocycles. The third-order valence-electron chi connectivity index (χ3n) is 5.04. The van der Waals surface area contributed by atoms with Crippen molar-refractivity contribution in [2.75, 3.05) is 26.3 Å². The van der Waals surface area contributed by atoms with E-state index in [9.17, 15) is 0 Å². The molecule has 17 heavy (non-hydrogen) atoms. The molecule has 2 aliphatic heterocycles. The molecule has 0 aromatic heterocycles. The highest BCUT2D eigenvalue weighted by atomic mass is 16.5. The van der Waals surface area contributed by atoms with Gasteiger partial charge >= 0.3 is 0 Å². The van der Waals surface area contributed by atoms with E-state index in [1.54, 1.807) is 0 Å². The molecular weight excluding hydrogens is 212 g/mol. The SMILES string of the molecule is CC1CNC2(CCCC2)CN1C1CCOCC1. The Morgan fingerprint density at radius 3 is 2.59 bits per heavy atom. The van der Waals surface area contributed by atoms with Gasteiger partial charge in [-0.1, -0.05) is 12.8 Å². The lowest BCUT2D eigenvalue weighted by atomic mass is 9.90. The lowest BCUT2D eigenvalue weighted by Crippen LogP contribution is -2.65. The molecule has 1 aliphatic carbocycles. The van der Waals surface area contributed by atoms with Crippen LogP contribution in [0.2, 0.25) is 0 Å². The summed E-state index contributed by atoms with van der Waals surface area (Å²) in [7, 11) is 0. The first kappa shape index (κ1) is 11.9. The summed E-state index contributed by atoms with van der Waals surface area (Å²) < 4.78 is 5.50. The zero-order valence-corrected chi connectivity index (χ0v) is 11.1. The number of piperazine rings is 1. The fraction of sp³-hybridized carbons (Fsp3) is 1.00. The minimum Gasteiger partial charge on any atom is -0.381 e. The van der Waals surface area contributed by atoms with E-state index in [0.29, 0.717) is 11.6 Å². The largest absolute Gasteiger partial charge is 0.381 e. The molecule has 3 nitrogen and oxygen atoms in total. The van der Waals surface area contributed by atoms with Gasteiger partial charge in [0.15, 0.2) is 0 Å². The van der Waals surface area contributed by atoms with Crippen molar-refractivity contribution in [2.45, 2.75) is 63.1 Å². The van der Waals surface area contributed by atoms with Crippen molar-refractivity contribution in [3.63, 3.8) is 0 Å². The van der Waals surface area contributed by atoms with Gasteiger partial charge in [0, 0.05) is 43.9 Å². The Kier molecular flexibility index (Phi) is 3.42. The van der Waals surface area contributed by atoms with Crippen LogP contribution < -0.4 is 5.32 Å². The molecule has 0 aromatic rings. The molecule has 0 bridgehead atoms. The molecule has 1 saturated carbocycles. The van der Waals surface area contributed by atoms with Gasteiger partial charge in [-0.3, -0.25) is 4.90 Å². The zero-order chi connectivity index (χ0) is 11.7. The summed E-state index contributed by atoms with van der Waals surface area (Å²) >= 11 is 0. The predicted molar refractivity (Wildman–Crippen MR) is 69.2 cm³/mol. The molecule has 0 aromatic carbocycles. The van der Waals surface area contributed by atoms with Crippen molar-refractivity contribution in [1.82, 2.24) is 10.2 Å². The molecule has 1 N–H and O–H groups in total. The summed E-state index contributed by atoms with van der Waals surface area (Å²) in [6, 6.07) is 1.47. The molecule has 0 radical (unpaired) electrons. The standard InChI is InChI=1S/C14H26N2O/c1-12-10-15-14(6-2-3-7-14)11-16(12)13-4-8-17-9-5-13/h12-13,15H,2-11H2,1H3. The Labute approximate surface area is 105 Å². The normalized spacial score (nSPS) is 35.5. The summed E-state index contributed by atoms with van der Waals surface area (Å²) in [6.07, 6.45) is 8.09. The Hall–Kier alpha value is -0.120. The maximum absolute atomic E-state index is 5.50. The molecule has 1 unspecified atom stereocenters. The second kappa shape index (κ2) is 4.87. The number of nitrogens with zero attached hydrogens (tertiary/aromatic N) is 1. The summed E-state index contributed by atoms with van der Waals surface area (Å²) in [6.45, 7) is 6.77. The molecule has 0 amide bonds. The van der Waals surface area contributed by atoms with Crippen molar-refractivity contribution in [1.29, 1.82) is 0 Å². The van der Waals surface area contributed by atoms with Crippen molar-refractivity contribution < 1.29 is 4.74 Å². The highest BCUT2D eigenvalue weighted by Gasteiger charge is 2.41. The summed E-state index contributed by atoms with van der Waals surface area (Å²) in [5.41, 5.74) is 0.463. The molecule has 3 rings (SSSR count). The predicted octanol–water partition coefficient (Wildman–Crippen LogP) is 1.77. The first-order valence-electron chi connectivity index (χ1n) is 7.38. The number of nitrogens with one attached hydrogen (secondary N) is 1. The van der Waals surface area contributed by atoms with Crippen molar-refractivity contribution in [3.8, 4) is 0 Å². The lowest BCUT2D eigenvalue weighted by Gasteiger charge is -2.49. The van der Waals surface area contributed by atoms with E-state index in [-0.39, 0.29) is 0 Å². The van der Waals surface area contributed by atoms with Crippen molar-refractivity contribution in [2.24, 2.45) is 0 Å². The Morgan fingerprint density at radius 1 is 1.18 bits per heavy atom. The van der Waals surface area contributed by atoms with Crippen LogP contribution in [0.5, 0.6) is 0 Å². The van der Waals surface area contributed by atoms with Crippen LogP contribution in [0.4, 0.5) is 0 Å². The van der Waals surface area contributed by atoms with Gasteiger partial charge in [0.25, 0.3) is 0 Å². The van der Waals surface area contributed by atoms with Gasteiger partial charge < -0.3 is 10.1 Å². The molecule has 3 heteroatoms. The van der Waals surface area contributed by atoms with Gasteiger partial charge in [-0.15, -0.1) is 0 Å². The Bertz CT molecular complexity index is 257. The number of ether oxygens (including phenoxy) is 1. The smallest absolute Gasteiger partial charge is 0.0480 e. The highest BCUT2D eigenvalue weighted by molar-refractivity contribution is 5.01. The van der Waals surface area contributed by atoms with E-state index in [2.05, 4.69) is 17.1 Å². The fourth-order valence-corrected chi connectivity index (χ4v) is 3.94. The minimum absolute atomic E-state index is 0.463. The number of hydrogen-bond donors (Lipinski definition) is 1. The van der Waals surface area contributed by atoms with Gasteiger partial charge in [-0.05, 0) is 32.6 Å². The highest BCUT2D eigenvalue weighted by Crippen LogP contribution is 2.34. The van der Waals surface area contributed by atoms with Crippen LogP contribution >= 0.6 is 0 Å². The van der Waals surface area contributed by atoms with Gasteiger partial charge in [-0.2, -0.15) is 0 Å². The number of rotatable bonds is 1. The molecular formula is C14H26N2O. The van der Waals surface area contributed by atoms with Crippen LogP contribution in [0.3, 0.4) is 0 Å². The molecule has 98 valence electrons. The molecule has 1 spiro atoms.